The van der Waals surface area contributed by atoms with Crippen LogP contribution in [-0.2, 0) is 9.59 Å². The molecule has 0 unspecified atom stereocenters. The van der Waals surface area contributed by atoms with E-state index in [9.17, 15) is 14.0 Å². The molecule has 2 aromatic rings. The molecule has 0 bridgehead atoms. The molecule has 2 aromatic carbocycles. The molecule has 0 fully saturated rings. The molecule has 0 radical (unpaired) electrons. The third-order valence-corrected chi connectivity index (χ3v) is 4.87. The third-order valence-electron chi connectivity index (χ3n) is 3.58. The number of thioether (sulfide) groups is 1. The molecule has 128 valence electrons. The van der Waals surface area contributed by atoms with E-state index in [2.05, 4.69) is 0 Å². The lowest BCUT2D eigenvalue weighted by Gasteiger charge is -2.15. The van der Waals surface area contributed by atoms with Gasteiger partial charge in [-0.2, -0.15) is 0 Å². The Morgan fingerprint density at radius 1 is 1.08 bits per heavy atom. The molecular formula is C18H13ClFNO3S. The zero-order valence-electron chi connectivity index (χ0n) is 12.9. The highest BCUT2D eigenvalue weighted by Gasteiger charge is 2.40. The second-order valence-electron chi connectivity index (χ2n) is 5.21. The topological polar surface area (TPSA) is 57.6 Å². The first-order valence-corrected chi connectivity index (χ1v) is 8.77. The van der Waals surface area contributed by atoms with E-state index < -0.39 is 17.6 Å². The average Bonchev–Trinajstić information content (AvgIpc) is 2.84. The van der Waals surface area contributed by atoms with Gasteiger partial charge in [-0.15, -0.1) is 11.8 Å². The lowest BCUT2D eigenvalue weighted by Crippen LogP contribution is -2.31. The number of hydrogen-bond donors (Lipinski definition) is 1. The minimum absolute atomic E-state index is 0.135. The summed E-state index contributed by atoms with van der Waals surface area (Å²) < 4.78 is 13.2. The van der Waals surface area contributed by atoms with Gasteiger partial charge in [0.15, 0.2) is 0 Å². The summed E-state index contributed by atoms with van der Waals surface area (Å²) in [6, 6.07) is 11.8. The number of amides is 2. The Morgan fingerprint density at radius 2 is 1.80 bits per heavy atom. The summed E-state index contributed by atoms with van der Waals surface area (Å²) in [4.78, 5) is 27.0. The van der Waals surface area contributed by atoms with Gasteiger partial charge < -0.3 is 5.11 Å². The van der Waals surface area contributed by atoms with Crippen molar-refractivity contribution in [3.05, 3.63) is 69.8 Å². The van der Waals surface area contributed by atoms with Crippen LogP contribution in [0, 0.1) is 5.82 Å². The van der Waals surface area contributed by atoms with Crippen LogP contribution in [-0.4, -0.2) is 29.3 Å². The SMILES string of the molecule is O=C1C(SCCO)=C(c2ccc(F)cc2)C(=O)N1c1cccc(Cl)c1. The fraction of sp³-hybridized carbons (Fsp3) is 0.111. The number of rotatable bonds is 5. The van der Waals surface area contributed by atoms with Crippen LogP contribution in [0.3, 0.4) is 0 Å². The Bertz CT molecular complexity index is 867. The van der Waals surface area contributed by atoms with Crippen molar-refractivity contribution < 1.29 is 19.1 Å². The number of anilines is 1. The van der Waals surface area contributed by atoms with E-state index >= 15 is 0 Å². The summed E-state index contributed by atoms with van der Waals surface area (Å²) in [7, 11) is 0. The minimum Gasteiger partial charge on any atom is -0.396 e. The largest absolute Gasteiger partial charge is 0.396 e. The lowest BCUT2D eigenvalue weighted by molar-refractivity contribution is -0.119. The molecule has 2 amide bonds. The van der Waals surface area contributed by atoms with Crippen molar-refractivity contribution in [2.45, 2.75) is 0 Å². The lowest BCUT2D eigenvalue weighted by atomic mass is 10.1. The standard InChI is InChI=1S/C18H13ClFNO3S/c19-12-2-1-3-14(10-12)21-17(23)15(11-4-6-13(20)7-5-11)16(18(21)24)25-9-8-22/h1-7,10,22H,8-9H2. The zero-order chi connectivity index (χ0) is 18.0. The summed E-state index contributed by atoms with van der Waals surface area (Å²) in [6.07, 6.45) is 0. The Morgan fingerprint density at radius 3 is 2.44 bits per heavy atom. The van der Waals surface area contributed by atoms with Gasteiger partial charge in [-0.1, -0.05) is 29.8 Å². The molecule has 1 aliphatic heterocycles. The number of carbonyl (C=O) groups is 2. The fourth-order valence-corrected chi connectivity index (χ4v) is 3.56. The summed E-state index contributed by atoms with van der Waals surface area (Å²) in [5.74, 6) is -1.15. The Labute approximate surface area is 152 Å². The molecule has 0 spiro atoms. The second-order valence-corrected chi connectivity index (χ2v) is 6.75. The highest BCUT2D eigenvalue weighted by molar-refractivity contribution is 8.04. The van der Waals surface area contributed by atoms with E-state index in [0.717, 1.165) is 16.7 Å². The normalized spacial score (nSPS) is 14.6. The Hall–Kier alpha value is -2.15. The predicted molar refractivity (Wildman–Crippen MR) is 96.8 cm³/mol. The smallest absolute Gasteiger partial charge is 0.272 e. The highest BCUT2D eigenvalue weighted by atomic mass is 35.5. The Kier molecular flexibility index (Phi) is 5.22. The maximum atomic E-state index is 13.2. The first kappa shape index (κ1) is 17.7. The van der Waals surface area contributed by atoms with Gasteiger partial charge in [-0.25, -0.2) is 9.29 Å². The van der Waals surface area contributed by atoms with Crippen molar-refractivity contribution in [2.75, 3.05) is 17.3 Å². The number of nitrogens with zero attached hydrogens (tertiary/aromatic N) is 1. The quantitative estimate of drug-likeness (QED) is 0.810. The van der Waals surface area contributed by atoms with Crippen LogP contribution in [0.2, 0.25) is 5.02 Å². The molecule has 0 atom stereocenters. The number of benzene rings is 2. The fourth-order valence-electron chi connectivity index (χ4n) is 2.51. The summed E-state index contributed by atoms with van der Waals surface area (Å²) in [6.45, 7) is -0.135. The van der Waals surface area contributed by atoms with E-state index in [0.29, 0.717) is 16.3 Å². The predicted octanol–water partition coefficient (Wildman–Crippen LogP) is 3.49. The number of imide groups is 1. The van der Waals surface area contributed by atoms with Gasteiger partial charge in [0.2, 0.25) is 0 Å². The van der Waals surface area contributed by atoms with Crippen LogP contribution in [0.4, 0.5) is 10.1 Å². The van der Waals surface area contributed by atoms with Crippen LogP contribution >= 0.6 is 23.4 Å². The van der Waals surface area contributed by atoms with Crippen molar-refractivity contribution in [3.8, 4) is 0 Å². The average molecular weight is 378 g/mol. The molecule has 3 rings (SSSR count). The molecule has 7 heteroatoms. The number of hydrogen-bond acceptors (Lipinski definition) is 4. The molecular weight excluding hydrogens is 365 g/mol. The molecule has 0 saturated carbocycles. The van der Waals surface area contributed by atoms with E-state index in [4.69, 9.17) is 16.7 Å². The molecule has 1 heterocycles. The van der Waals surface area contributed by atoms with Crippen molar-refractivity contribution in [1.82, 2.24) is 0 Å². The number of halogens is 2. The molecule has 25 heavy (non-hydrogen) atoms. The first-order valence-electron chi connectivity index (χ1n) is 7.41. The first-order chi connectivity index (χ1) is 12.0. The van der Waals surface area contributed by atoms with Crippen LogP contribution in [0.15, 0.2) is 53.4 Å². The molecule has 0 aromatic heterocycles. The van der Waals surface area contributed by atoms with Crippen molar-refractivity contribution in [2.24, 2.45) is 0 Å². The van der Waals surface area contributed by atoms with Gasteiger partial charge in [0.1, 0.15) is 5.82 Å². The van der Waals surface area contributed by atoms with Crippen molar-refractivity contribution in [1.29, 1.82) is 0 Å². The third kappa shape index (κ3) is 3.46. The van der Waals surface area contributed by atoms with Gasteiger partial charge in [0, 0.05) is 10.8 Å². The molecule has 1 N–H and O–H groups in total. The van der Waals surface area contributed by atoms with Crippen molar-refractivity contribution in [3.63, 3.8) is 0 Å². The van der Waals surface area contributed by atoms with E-state index in [1.165, 1.54) is 30.3 Å². The van der Waals surface area contributed by atoms with Gasteiger partial charge in [0.05, 0.1) is 22.8 Å². The molecule has 0 aliphatic carbocycles. The van der Waals surface area contributed by atoms with Gasteiger partial charge >= 0.3 is 0 Å². The maximum absolute atomic E-state index is 13.2. The minimum atomic E-state index is -0.501. The summed E-state index contributed by atoms with van der Waals surface area (Å²) >= 11 is 7.06. The van der Waals surface area contributed by atoms with E-state index in [1.54, 1.807) is 18.2 Å². The van der Waals surface area contributed by atoms with Crippen LogP contribution in [0.25, 0.3) is 5.57 Å². The number of aliphatic hydroxyl groups excluding tert-OH is 1. The molecule has 1 aliphatic rings. The summed E-state index contributed by atoms with van der Waals surface area (Å²) in [5, 5.41) is 9.47. The monoisotopic (exact) mass is 377 g/mol. The van der Waals surface area contributed by atoms with Crippen LogP contribution in [0.5, 0.6) is 0 Å². The summed E-state index contributed by atoms with van der Waals surface area (Å²) in [5.41, 5.74) is 1.01. The van der Waals surface area contributed by atoms with Gasteiger partial charge in [-0.05, 0) is 35.9 Å². The van der Waals surface area contributed by atoms with Crippen molar-refractivity contribution >= 4 is 46.4 Å². The van der Waals surface area contributed by atoms with E-state index in [-0.39, 0.29) is 22.8 Å². The second kappa shape index (κ2) is 7.39. The van der Waals surface area contributed by atoms with Gasteiger partial charge in [0.25, 0.3) is 11.8 Å². The molecule has 0 saturated heterocycles. The zero-order valence-corrected chi connectivity index (χ0v) is 14.5. The van der Waals surface area contributed by atoms with Crippen LogP contribution < -0.4 is 4.90 Å². The number of aliphatic hydroxyl groups is 1. The number of carbonyl (C=O) groups excluding carboxylic acids is 2. The van der Waals surface area contributed by atoms with Crippen LogP contribution in [0.1, 0.15) is 5.56 Å². The Balaban J connectivity index is 2.07. The maximum Gasteiger partial charge on any atom is 0.272 e. The molecule has 4 nitrogen and oxygen atoms in total. The van der Waals surface area contributed by atoms with E-state index in [1.807, 2.05) is 0 Å². The highest BCUT2D eigenvalue weighted by Crippen LogP contribution is 2.38. The van der Waals surface area contributed by atoms with Gasteiger partial charge in [-0.3, -0.25) is 9.59 Å².